The first-order valence-corrected chi connectivity index (χ1v) is 6.93. The molecule has 1 aromatic heterocycles. The molecule has 3 rings (SSSR count). The SMILES string of the molecule is CN(C)c1nccc2cc(C3CCCN3C#N)ccc12. The van der Waals surface area contributed by atoms with Gasteiger partial charge in [-0.25, -0.2) is 4.98 Å². The molecule has 1 fully saturated rings. The van der Waals surface area contributed by atoms with Gasteiger partial charge in [0.05, 0.1) is 6.04 Å². The smallest absolute Gasteiger partial charge is 0.179 e. The number of likely N-dealkylation sites (tertiary alicyclic amines) is 1. The van der Waals surface area contributed by atoms with Gasteiger partial charge in [-0.2, -0.15) is 5.26 Å². The van der Waals surface area contributed by atoms with Crippen molar-refractivity contribution in [1.29, 1.82) is 5.26 Å². The monoisotopic (exact) mass is 266 g/mol. The molecule has 0 saturated carbocycles. The Morgan fingerprint density at radius 3 is 2.95 bits per heavy atom. The summed E-state index contributed by atoms with van der Waals surface area (Å²) in [6, 6.07) is 8.74. The summed E-state index contributed by atoms with van der Waals surface area (Å²) >= 11 is 0. The Bertz CT molecular complexity index is 672. The maximum atomic E-state index is 9.19. The lowest BCUT2D eigenvalue weighted by molar-refractivity contribution is 0.374. The molecular weight excluding hydrogens is 248 g/mol. The van der Waals surface area contributed by atoms with Gasteiger partial charge in [0.25, 0.3) is 0 Å². The molecule has 1 aliphatic rings. The highest BCUT2D eigenvalue weighted by Gasteiger charge is 2.25. The zero-order valence-corrected chi connectivity index (χ0v) is 11.9. The van der Waals surface area contributed by atoms with Gasteiger partial charge >= 0.3 is 0 Å². The van der Waals surface area contributed by atoms with E-state index in [0.29, 0.717) is 0 Å². The lowest BCUT2D eigenvalue weighted by Gasteiger charge is -2.20. The topological polar surface area (TPSA) is 43.2 Å². The summed E-state index contributed by atoms with van der Waals surface area (Å²) in [4.78, 5) is 8.34. The summed E-state index contributed by atoms with van der Waals surface area (Å²) in [5.41, 5.74) is 1.23. The van der Waals surface area contributed by atoms with Gasteiger partial charge in [0.1, 0.15) is 5.82 Å². The Kier molecular flexibility index (Phi) is 3.19. The van der Waals surface area contributed by atoms with Crippen molar-refractivity contribution < 1.29 is 0 Å². The van der Waals surface area contributed by atoms with Gasteiger partial charge in [-0.3, -0.25) is 0 Å². The molecule has 0 aliphatic carbocycles. The largest absolute Gasteiger partial charge is 0.362 e. The highest BCUT2D eigenvalue weighted by Crippen LogP contribution is 2.33. The average Bonchev–Trinajstić information content (AvgIpc) is 2.94. The number of rotatable bonds is 2. The number of fused-ring (bicyclic) bond motifs is 1. The van der Waals surface area contributed by atoms with E-state index in [9.17, 15) is 5.26 Å². The molecule has 20 heavy (non-hydrogen) atoms. The summed E-state index contributed by atoms with van der Waals surface area (Å²) in [5, 5.41) is 11.5. The fraction of sp³-hybridized carbons (Fsp3) is 0.375. The third kappa shape index (κ3) is 2.05. The Labute approximate surface area is 119 Å². The van der Waals surface area contributed by atoms with Crippen LogP contribution in [0.3, 0.4) is 0 Å². The van der Waals surface area contributed by atoms with Crippen molar-refractivity contribution in [3.05, 3.63) is 36.0 Å². The fourth-order valence-electron chi connectivity index (χ4n) is 2.98. The summed E-state index contributed by atoms with van der Waals surface area (Å²) in [6.07, 6.45) is 6.30. The summed E-state index contributed by atoms with van der Waals surface area (Å²) in [7, 11) is 4.01. The van der Waals surface area contributed by atoms with Crippen molar-refractivity contribution in [2.75, 3.05) is 25.5 Å². The van der Waals surface area contributed by atoms with Crippen LogP contribution in [0.1, 0.15) is 24.4 Å². The molecule has 2 aromatic rings. The van der Waals surface area contributed by atoms with E-state index in [2.05, 4.69) is 29.4 Å². The van der Waals surface area contributed by atoms with Crippen LogP contribution in [-0.2, 0) is 0 Å². The standard InChI is InChI=1S/C16H18N4/c1-19(2)16-14-6-5-13(10-12(14)7-8-18-16)15-4-3-9-20(15)11-17/h5-8,10,15H,3-4,9H2,1-2H3. The molecule has 4 nitrogen and oxygen atoms in total. The van der Waals surface area contributed by atoms with Crippen LogP contribution in [0, 0.1) is 11.5 Å². The summed E-state index contributed by atoms with van der Waals surface area (Å²) in [5.74, 6) is 0.984. The molecule has 0 N–H and O–H groups in total. The first-order chi connectivity index (χ1) is 9.70. The normalized spacial score (nSPS) is 18.2. The van der Waals surface area contributed by atoms with Gasteiger partial charge in [0, 0.05) is 32.2 Å². The first kappa shape index (κ1) is 12.7. The van der Waals surface area contributed by atoms with E-state index in [-0.39, 0.29) is 6.04 Å². The van der Waals surface area contributed by atoms with Gasteiger partial charge in [0.15, 0.2) is 6.19 Å². The van der Waals surface area contributed by atoms with Gasteiger partial charge in [-0.1, -0.05) is 12.1 Å². The third-order valence-corrected chi connectivity index (χ3v) is 3.96. The van der Waals surface area contributed by atoms with Crippen LogP contribution in [-0.4, -0.2) is 30.5 Å². The minimum Gasteiger partial charge on any atom is -0.362 e. The van der Waals surface area contributed by atoms with E-state index in [1.54, 1.807) is 0 Å². The van der Waals surface area contributed by atoms with Crippen molar-refractivity contribution in [2.24, 2.45) is 0 Å². The lowest BCUT2D eigenvalue weighted by atomic mass is 10.0. The quantitative estimate of drug-likeness (QED) is 0.784. The van der Waals surface area contributed by atoms with E-state index in [0.717, 1.165) is 30.6 Å². The Morgan fingerprint density at radius 2 is 2.20 bits per heavy atom. The molecule has 1 aliphatic heterocycles. The predicted molar refractivity (Wildman–Crippen MR) is 80.4 cm³/mol. The van der Waals surface area contributed by atoms with E-state index in [1.807, 2.05) is 36.2 Å². The number of anilines is 1. The minimum atomic E-state index is 0.236. The highest BCUT2D eigenvalue weighted by molar-refractivity contribution is 5.92. The Hall–Kier alpha value is -2.28. The molecule has 4 heteroatoms. The molecule has 2 heterocycles. The molecule has 1 saturated heterocycles. The van der Waals surface area contributed by atoms with Crippen LogP contribution in [0.25, 0.3) is 10.8 Å². The maximum Gasteiger partial charge on any atom is 0.179 e. The average molecular weight is 266 g/mol. The highest BCUT2D eigenvalue weighted by atomic mass is 15.2. The van der Waals surface area contributed by atoms with Crippen LogP contribution >= 0.6 is 0 Å². The van der Waals surface area contributed by atoms with Gasteiger partial charge in [0.2, 0.25) is 0 Å². The second-order valence-electron chi connectivity index (χ2n) is 5.46. The van der Waals surface area contributed by atoms with Crippen LogP contribution in [0.4, 0.5) is 5.82 Å². The van der Waals surface area contributed by atoms with Gasteiger partial charge < -0.3 is 9.80 Å². The van der Waals surface area contributed by atoms with Crippen LogP contribution in [0.15, 0.2) is 30.5 Å². The Balaban J connectivity index is 2.06. The number of pyridine rings is 1. The molecule has 0 spiro atoms. The number of hydrogen-bond acceptors (Lipinski definition) is 4. The zero-order chi connectivity index (χ0) is 14.1. The van der Waals surface area contributed by atoms with Crippen molar-refractivity contribution in [3.63, 3.8) is 0 Å². The second kappa shape index (κ2) is 5.01. The molecule has 0 bridgehead atoms. The van der Waals surface area contributed by atoms with Crippen LogP contribution < -0.4 is 4.90 Å². The van der Waals surface area contributed by atoms with Crippen molar-refractivity contribution in [3.8, 4) is 6.19 Å². The number of benzene rings is 1. The molecule has 102 valence electrons. The van der Waals surface area contributed by atoms with Crippen molar-refractivity contribution >= 4 is 16.6 Å². The number of aromatic nitrogens is 1. The molecule has 0 radical (unpaired) electrons. The van der Waals surface area contributed by atoms with Gasteiger partial charge in [-0.05, 0) is 35.9 Å². The molecular formula is C16H18N4. The second-order valence-corrected chi connectivity index (χ2v) is 5.46. The van der Waals surface area contributed by atoms with Crippen LogP contribution in [0.2, 0.25) is 0 Å². The summed E-state index contributed by atoms with van der Waals surface area (Å²) in [6.45, 7) is 0.874. The molecule has 1 atom stereocenters. The lowest BCUT2D eigenvalue weighted by Crippen LogP contribution is -2.17. The van der Waals surface area contributed by atoms with Crippen molar-refractivity contribution in [2.45, 2.75) is 18.9 Å². The van der Waals surface area contributed by atoms with E-state index in [1.165, 1.54) is 10.9 Å². The third-order valence-electron chi connectivity index (χ3n) is 3.96. The first-order valence-electron chi connectivity index (χ1n) is 6.93. The predicted octanol–water partition coefficient (Wildman–Crippen LogP) is 2.92. The minimum absolute atomic E-state index is 0.236. The van der Waals surface area contributed by atoms with Gasteiger partial charge in [-0.15, -0.1) is 0 Å². The molecule has 1 unspecified atom stereocenters. The molecule has 1 aromatic carbocycles. The van der Waals surface area contributed by atoms with E-state index >= 15 is 0 Å². The number of nitriles is 1. The van der Waals surface area contributed by atoms with Crippen molar-refractivity contribution in [1.82, 2.24) is 9.88 Å². The maximum absolute atomic E-state index is 9.19. The van der Waals surface area contributed by atoms with Crippen LogP contribution in [0.5, 0.6) is 0 Å². The summed E-state index contributed by atoms with van der Waals surface area (Å²) < 4.78 is 0. The van der Waals surface area contributed by atoms with E-state index < -0.39 is 0 Å². The fourth-order valence-corrected chi connectivity index (χ4v) is 2.98. The molecule has 0 amide bonds. The Morgan fingerprint density at radius 1 is 1.35 bits per heavy atom. The van der Waals surface area contributed by atoms with E-state index in [4.69, 9.17) is 0 Å². The number of nitrogens with zero attached hydrogens (tertiary/aromatic N) is 4. The number of hydrogen-bond donors (Lipinski definition) is 0. The zero-order valence-electron chi connectivity index (χ0n) is 11.9.